The molecular weight excluding hydrogens is 304 g/mol. The minimum absolute atomic E-state index is 0.282. The van der Waals surface area contributed by atoms with Gasteiger partial charge >= 0.3 is 0 Å². The summed E-state index contributed by atoms with van der Waals surface area (Å²) in [6.45, 7) is 5.78. The smallest absolute Gasteiger partial charge is 0.111 e. The summed E-state index contributed by atoms with van der Waals surface area (Å²) in [5.41, 5.74) is -0.564. The lowest BCUT2D eigenvalue weighted by atomic mass is 9.60. The van der Waals surface area contributed by atoms with Crippen LogP contribution in [0.15, 0.2) is 0 Å². The van der Waals surface area contributed by atoms with Crippen LogP contribution < -0.4 is 0 Å². The van der Waals surface area contributed by atoms with E-state index in [1.54, 1.807) is 0 Å². The molecule has 4 saturated heterocycles. The molecule has 0 aromatic heterocycles. The average molecular weight is 332 g/mol. The van der Waals surface area contributed by atoms with Crippen LogP contribution in [0.25, 0.3) is 0 Å². The van der Waals surface area contributed by atoms with Crippen LogP contribution in [0.3, 0.4) is 0 Å². The molecule has 4 fully saturated rings. The maximum absolute atomic E-state index is 10.6. The van der Waals surface area contributed by atoms with Crippen LogP contribution in [0.2, 0.25) is 0 Å². The van der Waals surface area contributed by atoms with Crippen molar-refractivity contribution in [3.63, 3.8) is 0 Å². The first-order valence-electron chi connectivity index (χ1n) is 8.12. The molecule has 0 saturated carbocycles. The Balaban J connectivity index is 1.78. The van der Waals surface area contributed by atoms with Crippen LogP contribution in [0.4, 0.5) is 0 Å². The van der Waals surface area contributed by atoms with Gasteiger partial charge in [0.1, 0.15) is 24.4 Å². The van der Waals surface area contributed by atoms with Crippen molar-refractivity contribution in [2.75, 3.05) is 32.8 Å². The Labute approximate surface area is 135 Å². The molecule has 4 aliphatic heterocycles. The second kappa shape index (κ2) is 5.60. The zero-order valence-electron chi connectivity index (χ0n) is 13.6. The van der Waals surface area contributed by atoms with Gasteiger partial charge in [-0.1, -0.05) is 13.8 Å². The second-order valence-electron chi connectivity index (χ2n) is 8.16. The first kappa shape index (κ1) is 17.5. The monoisotopic (exact) mass is 332 g/mol. The molecule has 0 radical (unpaired) electrons. The minimum Gasteiger partial charge on any atom is -0.394 e. The number of rotatable bonds is 5. The van der Waals surface area contributed by atoms with E-state index in [4.69, 9.17) is 5.11 Å². The molecule has 4 atom stereocenters. The normalized spacial score (nSPS) is 50.6. The fraction of sp³-hybridized carbons (Fsp3) is 1.00. The summed E-state index contributed by atoms with van der Waals surface area (Å²) < 4.78 is 0. The summed E-state index contributed by atoms with van der Waals surface area (Å²) in [7, 11) is 0. The number of piperidine rings is 2. The lowest BCUT2D eigenvalue weighted by Crippen LogP contribution is -2.81. The fourth-order valence-electron chi connectivity index (χ4n) is 5.01. The molecule has 0 spiro atoms. The molecule has 4 aliphatic rings. The molecule has 0 aliphatic carbocycles. The number of nitrogens with zero attached hydrogens (tertiary/aromatic N) is 2. The first-order valence-corrected chi connectivity index (χ1v) is 8.12. The van der Waals surface area contributed by atoms with E-state index in [2.05, 4.69) is 0 Å². The lowest BCUT2D eigenvalue weighted by Gasteiger charge is -2.68. The van der Waals surface area contributed by atoms with Gasteiger partial charge in [0, 0.05) is 37.0 Å². The molecule has 23 heavy (non-hydrogen) atoms. The molecule has 6 N–H and O–H groups in total. The van der Waals surface area contributed by atoms with E-state index in [0.29, 0.717) is 26.2 Å². The van der Waals surface area contributed by atoms with Crippen molar-refractivity contribution in [2.24, 2.45) is 10.8 Å². The summed E-state index contributed by atoms with van der Waals surface area (Å²) in [5.74, 6) is 0. The number of hydrogen-bond acceptors (Lipinski definition) is 8. The molecule has 4 bridgehead atoms. The van der Waals surface area contributed by atoms with E-state index in [1.807, 2.05) is 23.6 Å². The zero-order valence-corrected chi connectivity index (χ0v) is 13.6. The van der Waals surface area contributed by atoms with Gasteiger partial charge in [0.15, 0.2) is 0 Å². The molecule has 4 heterocycles. The van der Waals surface area contributed by atoms with Crippen molar-refractivity contribution in [1.29, 1.82) is 0 Å². The van der Waals surface area contributed by atoms with Gasteiger partial charge in [-0.05, 0) is 0 Å². The SMILES string of the molecule is CC12CN3CC(C)(CN(C1)C3[C@@H](O)[C@H](O)[C@H](O)[C@H](O)CO)C2O. The average Bonchev–Trinajstić information content (AvgIpc) is 2.48. The van der Waals surface area contributed by atoms with Crippen molar-refractivity contribution in [1.82, 2.24) is 9.80 Å². The Morgan fingerprint density at radius 3 is 1.74 bits per heavy atom. The molecule has 0 aromatic carbocycles. The van der Waals surface area contributed by atoms with Gasteiger partial charge in [-0.2, -0.15) is 0 Å². The zero-order chi connectivity index (χ0) is 17.2. The standard InChI is InChI=1S/C15H28N2O6/c1-14-4-16-6-15(2,13(14)23)7-17(5-14)12(16)11(22)10(21)9(20)8(19)3-18/h8-13,18-23H,3-7H2,1-2H3/t8-,9-,10-,11+,12?,13?,14?,15?/m1/s1. The third kappa shape index (κ3) is 2.52. The predicted octanol–water partition coefficient (Wildman–Crippen LogP) is -3.23. The molecule has 0 amide bonds. The third-order valence-corrected chi connectivity index (χ3v) is 5.91. The van der Waals surface area contributed by atoms with Gasteiger partial charge < -0.3 is 30.6 Å². The fourth-order valence-corrected chi connectivity index (χ4v) is 5.01. The molecule has 8 nitrogen and oxygen atoms in total. The summed E-state index contributed by atoms with van der Waals surface area (Å²) >= 11 is 0. The van der Waals surface area contributed by atoms with Crippen LogP contribution in [0.1, 0.15) is 13.8 Å². The van der Waals surface area contributed by atoms with Crippen molar-refractivity contribution >= 4 is 0 Å². The Morgan fingerprint density at radius 2 is 1.35 bits per heavy atom. The molecular formula is C15H28N2O6. The highest BCUT2D eigenvalue weighted by atomic mass is 16.4. The van der Waals surface area contributed by atoms with E-state index < -0.39 is 43.3 Å². The number of hydrogen-bond donors (Lipinski definition) is 6. The Morgan fingerprint density at radius 1 is 0.913 bits per heavy atom. The lowest BCUT2D eigenvalue weighted by molar-refractivity contribution is -0.277. The summed E-state index contributed by atoms with van der Waals surface area (Å²) in [4.78, 5) is 4.07. The predicted molar refractivity (Wildman–Crippen MR) is 80.3 cm³/mol. The van der Waals surface area contributed by atoms with Crippen molar-refractivity contribution in [2.45, 2.75) is 50.5 Å². The highest BCUT2D eigenvalue weighted by Gasteiger charge is 2.63. The molecule has 134 valence electrons. The molecule has 4 rings (SSSR count). The summed E-state index contributed by atoms with van der Waals surface area (Å²) in [5, 5.41) is 59.6. The Bertz CT molecular complexity index is 425. The van der Waals surface area contributed by atoms with Crippen LogP contribution >= 0.6 is 0 Å². The molecule has 8 heteroatoms. The molecule has 0 aromatic rings. The largest absolute Gasteiger partial charge is 0.394 e. The van der Waals surface area contributed by atoms with Gasteiger partial charge in [-0.25, -0.2) is 0 Å². The Hall–Kier alpha value is -0.320. The van der Waals surface area contributed by atoms with Crippen molar-refractivity contribution in [3.8, 4) is 0 Å². The third-order valence-electron chi connectivity index (χ3n) is 5.91. The topological polar surface area (TPSA) is 128 Å². The second-order valence-corrected chi connectivity index (χ2v) is 8.16. The maximum Gasteiger partial charge on any atom is 0.111 e. The van der Waals surface area contributed by atoms with Gasteiger partial charge in [0.05, 0.1) is 18.9 Å². The van der Waals surface area contributed by atoms with Gasteiger partial charge in [-0.3, -0.25) is 9.80 Å². The van der Waals surface area contributed by atoms with Crippen LogP contribution in [-0.2, 0) is 0 Å². The maximum atomic E-state index is 10.6. The summed E-state index contributed by atoms with van der Waals surface area (Å²) in [6, 6.07) is 0. The minimum atomic E-state index is -1.62. The van der Waals surface area contributed by atoms with E-state index in [9.17, 15) is 25.5 Å². The van der Waals surface area contributed by atoms with E-state index >= 15 is 0 Å². The quantitative estimate of drug-likeness (QED) is 0.310. The van der Waals surface area contributed by atoms with Crippen molar-refractivity contribution < 1.29 is 30.6 Å². The van der Waals surface area contributed by atoms with Gasteiger partial charge in [0.2, 0.25) is 0 Å². The van der Waals surface area contributed by atoms with Crippen LogP contribution in [0, 0.1) is 10.8 Å². The number of aliphatic hydroxyl groups is 6. The van der Waals surface area contributed by atoms with Crippen LogP contribution in [0.5, 0.6) is 0 Å². The van der Waals surface area contributed by atoms with E-state index in [-0.39, 0.29) is 10.8 Å². The molecule has 0 unspecified atom stereocenters. The summed E-state index contributed by atoms with van der Waals surface area (Å²) in [6.07, 6.45) is -6.85. The highest BCUT2D eigenvalue weighted by Crippen LogP contribution is 2.51. The van der Waals surface area contributed by atoms with E-state index in [1.165, 1.54) is 0 Å². The highest BCUT2D eigenvalue weighted by molar-refractivity contribution is 5.14. The Kier molecular flexibility index (Phi) is 4.26. The van der Waals surface area contributed by atoms with Gasteiger partial charge in [-0.15, -0.1) is 0 Å². The van der Waals surface area contributed by atoms with Crippen LogP contribution in [-0.4, -0.2) is 110 Å². The van der Waals surface area contributed by atoms with E-state index in [0.717, 1.165) is 0 Å². The van der Waals surface area contributed by atoms with Crippen molar-refractivity contribution in [3.05, 3.63) is 0 Å². The first-order chi connectivity index (χ1) is 10.6. The van der Waals surface area contributed by atoms with Gasteiger partial charge in [0.25, 0.3) is 0 Å². The number of aliphatic hydroxyl groups excluding tert-OH is 6.